The van der Waals surface area contributed by atoms with E-state index in [1.54, 1.807) is 18.6 Å². The number of carbonyl (C=O) groups is 1. The number of aromatic amines is 1. The Morgan fingerprint density at radius 3 is 2.71 bits per heavy atom. The molecule has 1 aromatic carbocycles. The van der Waals surface area contributed by atoms with Crippen LogP contribution in [0.1, 0.15) is 40.5 Å². The molecule has 0 saturated carbocycles. The van der Waals surface area contributed by atoms with Crippen molar-refractivity contribution in [3.63, 3.8) is 0 Å². The number of aryl methyl sites for hydroxylation is 3. The van der Waals surface area contributed by atoms with Gasteiger partial charge >= 0.3 is 0 Å². The Labute approximate surface area is 201 Å². The first kappa shape index (κ1) is 22.2. The van der Waals surface area contributed by atoms with Crippen LogP contribution in [0.5, 0.6) is 0 Å². The van der Waals surface area contributed by atoms with Crippen LogP contribution in [0.15, 0.2) is 47.7 Å². The standard InChI is InChI=1S/C25H25ClN6O2/c1-14-5-15(2)7-16(6-14)9-27-20-13-28-22-4-3-21(32(22)25(20)34)24(33)31-11-17-8-18-19(26)12-30-23(18)29-10-17/h5-8,10,12-13,21,27H,3-4,9,11H2,1-2H3,(H,29,30)(H,31,33). The van der Waals surface area contributed by atoms with Crippen molar-refractivity contribution in [2.45, 2.75) is 45.8 Å². The van der Waals surface area contributed by atoms with Gasteiger partial charge in [0, 0.05) is 37.3 Å². The van der Waals surface area contributed by atoms with Crippen molar-refractivity contribution < 1.29 is 4.79 Å². The number of carbonyl (C=O) groups excluding carboxylic acids is 1. The van der Waals surface area contributed by atoms with Gasteiger partial charge in [-0.15, -0.1) is 0 Å². The largest absolute Gasteiger partial charge is 0.375 e. The fourth-order valence-corrected chi connectivity index (χ4v) is 4.76. The molecule has 34 heavy (non-hydrogen) atoms. The summed E-state index contributed by atoms with van der Waals surface area (Å²) < 4.78 is 1.52. The molecule has 0 fully saturated rings. The SMILES string of the molecule is Cc1cc(C)cc(CNc2cnc3n(c2=O)C(C(=O)NCc2cnc4[nH]cc(Cl)c4c2)CC3)c1. The van der Waals surface area contributed by atoms with Gasteiger partial charge in [-0.05, 0) is 37.5 Å². The average molecular weight is 477 g/mol. The maximum atomic E-state index is 13.2. The van der Waals surface area contributed by atoms with Crippen LogP contribution < -0.4 is 16.2 Å². The number of nitrogens with zero attached hydrogens (tertiary/aromatic N) is 3. The van der Waals surface area contributed by atoms with E-state index >= 15 is 0 Å². The number of pyridine rings is 1. The van der Waals surface area contributed by atoms with Crippen molar-refractivity contribution in [2.24, 2.45) is 0 Å². The molecule has 3 N–H and O–H groups in total. The lowest BCUT2D eigenvalue weighted by Gasteiger charge is -2.16. The molecule has 1 atom stereocenters. The molecule has 0 radical (unpaired) electrons. The van der Waals surface area contributed by atoms with E-state index in [1.165, 1.54) is 15.7 Å². The van der Waals surface area contributed by atoms with Crippen LogP contribution in [-0.4, -0.2) is 25.4 Å². The van der Waals surface area contributed by atoms with Crippen LogP contribution in [0.4, 0.5) is 5.69 Å². The minimum atomic E-state index is -0.592. The number of benzene rings is 1. The maximum absolute atomic E-state index is 13.2. The van der Waals surface area contributed by atoms with E-state index in [9.17, 15) is 9.59 Å². The number of amides is 1. The fraction of sp³-hybridized carbons (Fsp3) is 0.280. The molecule has 4 aromatic rings. The number of nitrogens with one attached hydrogen (secondary N) is 3. The predicted octanol–water partition coefficient (Wildman–Crippen LogP) is 3.81. The van der Waals surface area contributed by atoms with E-state index in [0.29, 0.717) is 48.1 Å². The Hall–Kier alpha value is -3.65. The summed E-state index contributed by atoms with van der Waals surface area (Å²) >= 11 is 6.17. The van der Waals surface area contributed by atoms with Crippen LogP contribution in [0.25, 0.3) is 11.0 Å². The van der Waals surface area contributed by atoms with Crippen molar-refractivity contribution in [3.05, 3.63) is 86.3 Å². The van der Waals surface area contributed by atoms with E-state index in [0.717, 1.165) is 16.5 Å². The lowest BCUT2D eigenvalue weighted by atomic mass is 10.1. The van der Waals surface area contributed by atoms with E-state index in [2.05, 4.69) is 43.8 Å². The Morgan fingerprint density at radius 1 is 1.12 bits per heavy atom. The molecule has 4 heterocycles. The van der Waals surface area contributed by atoms with Crippen molar-refractivity contribution in [1.29, 1.82) is 0 Å². The van der Waals surface area contributed by atoms with Gasteiger partial charge in [-0.1, -0.05) is 40.9 Å². The van der Waals surface area contributed by atoms with E-state index < -0.39 is 6.04 Å². The monoisotopic (exact) mass is 476 g/mol. The molecule has 0 aliphatic carbocycles. The number of H-pyrrole nitrogens is 1. The summed E-state index contributed by atoms with van der Waals surface area (Å²) in [7, 11) is 0. The predicted molar refractivity (Wildman–Crippen MR) is 132 cm³/mol. The van der Waals surface area contributed by atoms with Gasteiger partial charge in [-0.3, -0.25) is 14.2 Å². The normalized spacial score (nSPS) is 14.9. The Bertz CT molecular complexity index is 1440. The number of rotatable bonds is 6. The molecule has 0 bridgehead atoms. The summed E-state index contributed by atoms with van der Waals surface area (Å²) in [6.07, 6.45) is 6.06. The van der Waals surface area contributed by atoms with Crippen LogP contribution in [0, 0.1) is 13.8 Å². The van der Waals surface area contributed by atoms with E-state index in [-0.39, 0.29) is 11.5 Å². The second kappa shape index (κ2) is 8.95. The molecule has 1 aliphatic heterocycles. The molecule has 5 rings (SSSR count). The summed E-state index contributed by atoms with van der Waals surface area (Å²) in [6, 6.07) is 7.58. The number of hydrogen-bond donors (Lipinski definition) is 3. The number of anilines is 1. The van der Waals surface area contributed by atoms with Gasteiger partial charge in [0.05, 0.1) is 11.2 Å². The number of fused-ring (bicyclic) bond motifs is 2. The Balaban J connectivity index is 1.30. The molecule has 0 spiro atoms. The van der Waals surface area contributed by atoms with Crippen molar-refractivity contribution >= 4 is 34.2 Å². The van der Waals surface area contributed by atoms with Gasteiger partial charge in [0.15, 0.2) is 0 Å². The molecule has 9 heteroatoms. The molecule has 3 aromatic heterocycles. The molecule has 8 nitrogen and oxygen atoms in total. The number of halogens is 1. The van der Waals surface area contributed by atoms with Crippen LogP contribution >= 0.6 is 11.6 Å². The Morgan fingerprint density at radius 2 is 1.91 bits per heavy atom. The van der Waals surface area contributed by atoms with Crippen LogP contribution in [0.2, 0.25) is 5.02 Å². The zero-order chi connectivity index (χ0) is 23.8. The molecular weight excluding hydrogens is 452 g/mol. The first-order valence-electron chi connectivity index (χ1n) is 11.2. The smallest absolute Gasteiger partial charge is 0.277 e. The quantitative estimate of drug-likeness (QED) is 0.392. The third-order valence-electron chi connectivity index (χ3n) is 6.09. The lowest BCUT2D eigenvalue weighted by Crippen LogP contribution is -2.36. The van der Waals surface area contributed by atoms with Crippen LogP contribution in [0.3, 0.4) is 0 Å². The third kappa shape index (κ3) is 4.28. The van der Waals surface area contributed by atoms with Gasteiger partial charge in [-0.25, -0.2) is 9.97 Å². The third-order valence-corrected chi connectivity index (χ3v) is 6.41. The first-order valence-corrected chi connectivity index (χ1v) is 11.6. The number of aromatic nitrogens is 4. The fourth-order valence-electron chi connectivity index (χ4n) is 4.56. The highest BCUT2D eigenvalue weighted by molar-refractivity contribution is 6.35. The summed E-state index contributed by atoms with van der Waals surface area (Å²) in [4.78, 5) is 38.0. The molecular formula is C25H25ClN6O2. The summed E-state index contributed by atoms with van der Waals surface area (Å²) in [5.74, 6) is 0.415. The van der Waals surface area contributed by atoms with E-state index in [4.69, 9.17) is 11.6 Å². The lowest BCUT2D eigenvalue weighted by molar-refractivity contribution is -0.124. The topological polar surface area (TPSA) is 105 Å². The van der Waals surface area contributed by atoms with Gasteiger partial charge in [0.2, 0.25) is 5.91 Å². The zero-order valence-corrected chi connectivity index (χ0v) is 19.7. The highest BCUT2D eigenvalue weighted by Gasteiger charge is 2.31. The Kier molecular flexibility index (Phi) is 5.83. The van der Waals surface area contributed by atoms with Crippen LogP contribution in [-0.2, 0) is 24.3 Å². The van der Waals surface area contributed by atoms with Gasteiger partial charge in [0.25, 0.3) is 5.56 Å². The highest BCUT2D eigenvalue weighted by Crippen LogP contribution is 2.24. The summed E-state index contributed by atoms with van der Waals surface area (Å²) in [6.45, 7) is 4.90. The van der Waals surface area contributed by atoms with Crippen molar-refractivity contribution in [1.82, 2.24) is 24.8 Å². The van der Waals surface area contributed by atoms with Gasteiger partial charge in [0.1, 0.15) is 23.2 Å². The molecule has 174 valence electrons. The van der Waals surface area contributed by atoms with Crippen molar-refractivity contribution in [2.75, 3.05) is 5.32 Å². The number of hydrogen-bond acceptors (Lipinski definition) is 5. The van der Waals surface area contributed by atoms with Gasteiger partial charge in [-0.2, -0.15) is 0 Å². The van der Waals surface area contributed by atoms with Gasteiger partial charge < -0.3 is 15.6 Å². The summed E-state index contributed by atoms with van der Waals surface area (Å²) in [5.41, 5.74) is 5.12. The second-order valence-electron chi connectivity index (χ2n) is 8.76. The maximum Gasteiger partial charge on any atom is 0.277 e. The van der Waals surface area contributed by atoms with Crippen molar-refractivity contribution in [3.8, 4) is 0 Å². The van der Waals surface area contributed by atoms with E-state index in [1.807, 2.05) is 19.9 Å². The molecule has 0 saturated heterocycles. The summed E-state index contributed by atoms with van der Waals surface area (Å²) in [5, 5.41) is 7.52. The molecule has 1 amide bonds. The average Bonchev–Trinajstić information content (AvgIpc) is 3.41. The zero-order valence-electron chi connectivity index (χ0n) is 19.0. The molecule has 1 aliphatic rings. The highest BCUT2D eigenvalue weighted by atomic mass is 35.5. The first-order chi connectivity index (χ1) is 16.4. The second-order valence-corrected chi connectivity index (χ2v) is 9.17. The molecule has 1 unspecified atom stereocenters. The minimum Gasteiger partial charge on any atom is -0.375 e. The minimum absolute atomic E-state index is 0.214.